The summed E-state index contributed by atoms with van der Waals surface area (Å²) in [5.41, 5.74) is 5.16. The Morgan fingerprint density at radius 3 is 2.26 bits per heavy atom. The van der Waals surface area contributed by atoms with E-state index in [2.05, 4.69) is 5.32 Å². The minimum Gasteiger partial charge on any atom is -0.494 e. The van der Waals surface area contributed by atoms with Gasteiger partial charge >= 0.3 is 0 Å². The summed E-state index contributed by atoms with van der Waals surface area (Å²) in [7, 11) is 1.33. The first kappa shape index (κ1) is 13.1. The molecule has 0 heterocycles. The highest BCUT2D eigenvalue weighted by Gasteiger charge is 2.13. The molecule has 19 heavy (non-hydrogen) atoms. The summed E-state index contributed by atoms with van der Waals surface area (Å²) in [5, 5.41) is 2.52. The van der Waals surface area contributed by atoms with Crippen LogP contribution in [0.1, 0.15) is 0 Å². The van der Waals surface area contributed by atoms with Gasteiger partial charge in [0.15, 0.2) is 11.6 Å². The van der Waals surface area contributed by atoms with Gasteiger partial charge in [0.05, 0.1) is 12.8 Å². The molecule has 0 aliphatic rings. The predicted molar refractivity (Wildman–Crippen MR) is 67.0 cm³/mol. The maximum Gasteiger partial charge on any atom is 0.151 e. The van der Waals surface area contributed by atoms with Crippen molar-refractivity contribution in [1.82, 2.24) is 0 Å². The lowest BCUT2D eigenvalue weighted by molar-refractivity contribution is 0.413. The number of ether oxygens (including phenoxy) is 1. The topological polar surface area (TPSA) is 47.3 Å². The summed E-state index contributed by atoms with van der Waals surface area (Å²) in [6.07, 6.45) is 0. The van der Waals surface area contributed by atoms with Gasteiger partial charge in [0.1, 0.15) is 17.3 Å². The van der Waals surface area contributed by atoms with Crippen LogP contribution in [0.15, 0.2) is 30.3 Å². The van der Waals surface area contributed by atoms with E-state index in [-0.39, 0.29) is 22.8 Å². The molecule has 0 saturated heterocycles. The van der Waals surface area contributed by atoms with Gasteiger partial charge < -0.3 is 15.8 Å². The molecule has 0 saturated carbocycles. The van der Waals surface area contributed by atoms with Gasteiger partial charge in [-0.2, -0.15) is 0 Å². The zero-order valence-corrected chi connectivity index (χ0v) is 10.0. The van der Waals surface area contributed by atoms with E-state index in [4.69, 9.17) is 10.5 Å². The second-order valence-electron chi connectivity index (χ2n) is 3.83. The van der Waals surface area contributed by atoms with Crippen molar-refractivity contribution in [2.24, 2.45) is 0 Å². The Labute approximate surface area is 107 Å². The number of benzene rings is 2. The van der Waals surface area contributed by atoms with Crippen molar-refractivity contribution in [1.29, 1.82) is 0 Å². The number of hydrogen-bond donors (Lipinski definition) is 2. The van der Waals surface area contributed by atoms with Crippen molar-refractivity contribution in [2.75, 3.05) is 18.2 Å². The summed E-state index contributed by atoms with van der Waals surface area (Å²) in [5.74, 6) is -2.07. The maximum absolute atomic E-state index is 13.6. The van der Waals surface area contributed by atoms with Gasteiger partial charge in [0.25, 0.3) is 0 Å². The molecule has 0 amide bonds. The molecular formula is C13H11F3N2O. The normalized spacial score (nSPS) is 10.3. The van der Waals surface area contributed by atoms with Gasteiger partial charge in [0, 0.05) is 11.8 Å². The molecule has 3 nitrogen and oxygen atoms in total. The molecule has 0 aromatic heterocycles. The Morgan fingerprint density at radius 2 is 1.68 bits per heavy atom. The fraction of sp³-hybridized carbons (Fsp3) is 0.0769. The molecule has 0 aliphatic heterocycles. The molecule has 2 rings (SSSR count). The van der Waals surface area contributed by atoms with E-state index in [9.17, 15) is 13.2 Å². The second-order valence-corrected chi connectivity index (χ2v) is 3.83. The van der Waals surface area contributed by atoms with Crippen LogP contribution >= 0.6 is 0 Å². The van der Waals surface area contributed by atoms with Gasteiger partial charge in [-0.1, -0.05) is 0 Å². The number of halogens is 3. The highest BCUT2D eigenvalue weighted by molar-refractivity contribution is 5.68. The summed E-state index contributed by atoms with van der Waals surface area (Å²) in [6, 6.07) is 5.56. The van der Waals surface area contributed by atoms with E-state index in [0.717, 1.165) is 24.3 Å². The molecule has 3 N–H and O–H groups in total. The van der Waals surface area contributed by atoms with Gasteiger partial charge in [-0.05, 0) is 24.3 Å². The van der Waals surface area contributed by atoms with E-state index in [1.54, 1.807) is 0 Å². The van der Waals surface area contributed by atoms with Crippen LogP contribution in [0.3, 0.4) is 0 Å². The zero-order valence-electron chi connectivity index (χ0n) is 10.0. The van der Waals surface area contributed by atoms with E-state index in [0.29, 0.717) is 0 Å². The number of rotatable bonds is 3. The van der Waals surface area contributed by atoms with E-state index in [1.807, 2.05) is 0 Å². The van der Waals surface area contributed by atoms with Gasteiger partial charge in [-0.3, -0.25) is 0 Å². The quantitative estimate of drug-likeness (QED) is 0.838. The summed E-state index contributed by atoms with van der Waals surface area (Å²) in [6.45, 7) is 0. The Morgan fingerprint density at radius 1 is 1.05 bits per heavy atom. The Kier molecular flexibility index (Phi) is 3.50. The molecule has 2 aromatic carbocycles. The third-order valence-electron chi connectivity index (χ3n) is 2.49. The first-order valence-corrected chi connectivity index (χ1v) is 5.36. The summed E-state index contributed by atoms with van der Waals surface area (Å²) < 4.78 is 45.2. The average Bonchev–Trinajstić information content (AvgIpc) is 2.35. The predicted octanol–water partition coefficient (Wildman–Crippen LogP) is 3.44. The van der Waals surface area contributed by atoms with Crippen molar-refractivity contribution < 1.29 is 17.9 Å². The number of anilines is 3. The number of nitrogens with one attached hydrogen (secondary N) is 1. The molecule has 0 atom stereocenters. The third-order valence-corrected chi connectivity index (χ3v) is 2.49. The van der Waals surface area contributed by atoms with E-state index < -0.39 is 17.5 Å². The average molecular weight is 268 g/mol. The zero-order chi connectivity index (χ0) is 14.0. The minimum absolute atomic E-state index is 0.0216. The molecular weight excluding hydrogens is 257 g/mol. The molecule has 0 radical (unpaired) electrons. The minimum atomic E-state index is -0.844. The van der Waals surface area contributed by atoms with Gasteiger partial charge in [-0.15, -0.1) is 0 Å². The largest absolute Gasteiger partial charge is 0.494 e. The van der Waals surface area contributed by atoms with Gasteiger partial charge in [-0.25, -0.2) is 13.2 Å². The Bertz CT molecular complexity index is 594. The lowest BCUT2D eigenvalue weighted by Crippen LogP contribution is -2.01. The van der Waals surface area contributed by atoms with Crippen LogP contribution < -0.4 is 15.8 Å². The molecule has 2 aromatic rings. The molecule has 0 unspecified atom stereocenters. The van der Waals surface area contributed by atoms with E-state index >= 15 is 0 Å². The van der Waals surface area contributed by atoms with Gasteiger partial charge in [0.2, 0.25) is 0 Å². The van der Waals surface area contributed by atoms with Crippen LogP contribution in [0, 0.1) is 17.5 Å². The lowest BCUT2D eigenvalue weighted by Gasteiger charge is -2.13. The smallest absolute Gasteiger partial charge is 0.151 e. The first-order chi connectivity index (χ1) is 9.01. The number of hydrogen-bond acceptors (Lipinski definition) is 3. The standard InChI is InChI=1S/C13H11F3N2O/c1-19-12-4-7(14)2-3-11(12)18-13-9(15)5-8(17)6-10(13)16/h2-6,18H,17H2,1H3. The second kappa shape index (κ2) is 5.09. The fourth-order valence-corrected chi connectivity index (χ4v) is 1.62. The molecule has 0 bridgehead atoms. The first-order valence-electron chi connectivity index (χ1n) is 5.36. The van der Waals surface area contributed by atoms with Crippen molar-refractivity contribution in [3.63, 3.8) is 0 Å². The molecule has 0 aliphatic carbocycles. The van der Waals surface area contributed by atoms with Crippen LogP contribution in [0.4, 0.5) is 30.2 Å². The Hall–Kier alpha value is -2.37. The van der Waals surface area contributed by atoms with Crippen molar-refractivity contribution in [2.45, 2.75) is 0 Å². The monoisotopic (exact) mass is 268 g/mol. The van der Waals surface area contributed by atoms with Crippen LogP contribution in [-0.2, 0) is 0 Å². The molecule has 0 spiro atoms. The third kappa shape index (κ3) is 2.73. The number of methoxy groups -OCH3 is 1. The fourth-order valence-electron chi connectivity index (χ4n) is 1.62. The van der Waals surface area contributed by atoms with Crippen molar-refractivity contribution in [3.8, 4) is 5.75 Å². The Balaban J connectivity index is 2.42. The van der Waals surface area contributed by atoms with Crippen molar-refractivity contribution in [3.05, 3.63) is 47.8 Å². The molecule has 100 valence electrons. The van der Waals surface area contributed by atoms with Crippen LogP contribution in [-0.4, -0.2) is 7.11 Å². The SMILES string of the molecule is COc1cc(F)ccc1Nc1c(F)cc(N)cc1F. The van der Waals surface area contributed by atoms with Crippen molar-refractivity contribution >= 4 is 17.1 Å². The highest BCUT2D eigenvalue weighted by Crippen LogP contribution is 2.31. The highest BCUT2D eigenvalue weighted by atomic mass is 19.1. The maximum atomic E-state index is 13.6. The van der Waals surface area contributed by atoms with E-state index in [1.165, 1.54) is 13.2 Å². The van der Waals surface area contributed by atoms with Crippen LogP contribution in [0.25, 0.3) is 0 Å². The summed E-state index contributed by atoms with van der Waals surface area (Å²) >= 11 is 0. The molecule has 0 fully saturated rings. The molecule has 6 heteroatoms. The van der Waals surface area contributed by atoms with Crippen LogP contribution in [0.5, 0.6) is 5.75 Å². The summed E-state index contributed by atoms with van der Waals surface area (Å²) in [4.78, 5) is 0. The number of nitrogens with two attached hydrogens (primary N) is 1. The van der Waals surface area contributed by atoms with Crippen LogP contribution in [0.2, 0.25) is 0 Å². The number of nitrogen functional groups attached to an aromatic ring is 1. The lowest BCUT2D eigenvalue weighted by atomic mass is 10.2.